The number of cyclic esters (lactones) is 1. The molecule has 1 aliphatic carbocycles. The van der Waals surface area contributed by atoms with Gasteiger partial charge in [-0.2, -0.15) is 0 Å². The molecule has 1 aromatic carbocycles. The van der Waals surface area contributed by atoms with Gasteiger partial charge in [0.2, 0.25) is 11.9 Å². The van der Waals surface area contributed by atoms with Crippen molar-refractivity contribution in [3.05, 3.63) is 35.9 Å². The van der Waals surface area contributed by atoms with Crippen molar-refractivity contribution in [1.82, 2.24) is 0 Å². The lowest BCUT2D eigenvalue weighted by atomic mass is 9.65. The summed E-state index contributed by atoms with van der Waals surface area (Å²) in [5, 5.41) is 10.9. The number of carbonyl (C=O) groups excluding carboxylic acids is 1. The van der Waals surface area contributed by atoms with Gasteiger partial charge in [-0.15, -0.1) is 0 Å². The van der Waals surface area contributed by atoms with E-state index < -0.39 is 23.5 Å². The van der Waals surface area contributed by atoms with Crippen molar-refractivity contribution in [2.75, 3.05) is 0 Å². The first-order valence-electron chi connectivity index (χ1n) is 7.46. The van der Waals surface area contributed by atoms with Crippen LogP contribution in [0.15, 0.2) is 30.3 Å². The number of rotatable bonds is 2. The number of aliphatic hydroxyl groups is 1. The summed E-state index contributed by atoms with van der Waals surface area (Å²) in [5.74, 6) is -0.476. The molecule has 114 valence electrons. The SMILES string of the molecule is CC(C)(C)[C@@H]1OC(=O)[C@@](c2ccccc2)(C2(O)CCC2)O1. The van der Waals surface area contributed by atoms with Gasteiger partial charge >= 0.3 is 5.97 Å². The van der Waals surface area contributed by atoms with Crippen LogP contribution in [0.2, 0.25) is 0 Å². The zero-order valence-corrected chi connectivity index (χ0v) is 12.8. The van der Waals surface area contributed by atoms with E-state index in [9.17, 15) is 9.90 Å². The van der Waals surface area contributed by atoms with Crippen molar-refractivity contribution in [1.29, 1.82) is 0 Å². The molecule has 2 aliphatic rings. The van der Waals surface area contributed by atoms with E-state index in [1.54, 1.807) is 0 Å². The van der Waals surface area contributed by atoms with E-state index in [1.807, 2.05) is 51.1 Å². The Balaban J connectivity index is 2.09. The van der Waals surface area contributed by atoms with Gasteiger partial charge in [0, 0.05) is 5.41 Å². The topological polar surface area (TPSA) is 55.8 Å². The van der Waals surface area contributed by atoms with Gasteiger partial charge < -0.3 is 14.6 Å². The minimum absolute atomic E-state index is 0.341. The van der Waals surface area contributed by atoms with Crippen LogP contribution in [0, 0.1) is 5.41 Å². The van der Waals surface area contributed by atoms with E-state index in [-0.39, 0.29) is 5.41 Å². The van der Waals surface area contributed by atoms with E-state index >= 15 is 0 Å². The molecule has 1 saturated carbocycles. The normalized spacial score (nSPS) is 31.6. The Morgan fingerprint density at radius 3 is 2.24 bits per heavy atom. The standard InChI is InChI=1S/C17H22O4/c1-15(2,3)14-20-13(18)17(21-14,16(19)10-7-11-16)12-8-5-4-6-9-12/h4-6,8-9,14,19H,7,10-11H2,1-3H3/t14-,17+/m1/s1. The third-order valence-electron chi connectivity index (χ3n) is 4.51. The van der Waals surface area contributed by atoms with Crippen LogP contribution < -0.4 is 0 Å². The molecule has 0 unspecified atom stereocenters. The van der Waals surface area contributed by atoms with Crippen LogP contribution in [0.3, 0.4) is 0 Å². The van der Waals surface area contributed by atoms with Crippen LogP contribution >= 0.6 is 0 Å². The van der Waals surface area contributed by atoms with Crippen LogP contribution in [-0.4, -0.2) is 23.0 Å². The Morgan fingerprint density at radius 2 is 1.81 bits per heavy atom. The Kier molecular flexibility index (Phi) is 3.15. The molecule has 2 atom stereocenters. The highest BCUT2D eigenvalue weighted by Gasteiger charge is 2.67. The van der Waals surface area contributed by atoms with Crippen molar-refractivity contribution >= 4 is 5.97 Å². The maximum absolute atomic E-state index is 12.7. The third kappa shape index (κ3) is 2.00. The van der Waals surface area contributed by atoms with E-state index in [0.717, 1.165) is 6.42 Å². The first-order chi connectivity index (χ1) is 9.80. The number of hydrogen-bond donors (Lipinski definition) is 1. The Bertz CT molecular complexity index is 542. The second-order valence-corrected chi connectivity index (χ2v) is 7.15. The van der Waals surface area contributed by atoms with Crippen molar-refractivity contribution < 1.29 is 19.4 Å². The first-order valence-corrected chi connectivity index (χ1v) is 7.46. The predicted molar refractivity (Wildman–Crippen MR) is 77.3 cm³/mol. The second kappa shape index (κ2) is 4.55. The maximum atomic E-state index is 12.7. The van der Waals surface area contributed by atoms with Crippen LogP contribution in [0.5, 0.6) is 0 Å². The van der Waals surface area contributed by atoms with Gasteiger partial charge in [-0.3, -0.25) is 0 Å². The lowest BCUT2D eigenvalue weighted by molar-refractivity contribution is -0.231. The van der Waals surface area contributed by atoms with E-state index in [2.05, 4.69) is 0 Å². The van der Waals surface area contributed by atoms with Gasteiger partial charge in [-0.05, 0) is 24.8 Å². The summed E-state index contributed by atoms with van der Waals surface area (Å²) in [4.78, 5) is 12.7. The van der Waals surface area contributed by atoms with E-state index in [4.69, 9.17) is 9.47 Å². The lowest BCUT2D eigenvalue weighted by Crippen LogP contribution is -2.60. The van der Waals surface area contributed by atoms with Crippen LogP contribution in [0.25, 0.3) is 0 Å². The smallest absolute Gasteiger partial charge is 0.348 e. The minimum Gasteiger partial charge on any atom is -0.433 e. The van der Waals surface area contributed by atoms with Crippen LogP contribution in [0.4, 0.5) is 0 Å². The molecule has 1 saturated heterocycles. The largest absolute Gasteiger partial charge is 0.433 e. The molecule has 1 aromatic rings. The second-order valence-electron chi connectivity index (χ2n) is 7.15. The zero-order chi connectivity index (χ0) is 15.3. The van der Waals surface area contributed by atoms with E-state index in [1.165, 1.54) is 0 Å². The molecular formula is C17H22O4. The van der Waals surface area contributed by atoms with Gasteiger partial charge in [-0.25, -0.2) is 4.79 Å². The highest BCUT2D eigenvalue weighted by Crippen LogP contribution is 2.54. The quantitative estimate of drug-likeness (QED) is 0.851. The Hall–Kier alpha value is -1.39. The summed E-state index contributed by atoms with van der Waals surface area (Å²) >= 11 is 0. The maximum Gasteiger partial charge on any atom is 0.348 e. The summed E-state index contributed by atoms with van der Waals surface area (Å²) in [5.41, 5.74) is -2.24. The monoisotopic (exact) mass is 290 g/mol. The average molecular weight is 290 g/mol. The van der Waals surface area contributed by atoms with Gasteiger partial charge in [0.25, 0.3) is 0 Å². The van der Waals surface area contributed by atoms with Crippen molar-refractivity contribution in [3.8, 4) is 0 Å². The van der Waals surface area contributed by atoms with Gasteiger partial charge in [0.15, 0.2) is 0 Å². The molecule has 0 radical (unpaired) electrons. The number of hydrogen-bond acceptors (Lipinski definition) is 4. The number of benzene rings is 1. The lowest BCUT2D eigenvalue weighted by Gasteiger charge is -2.47. The predicted octanol–water partition coefficient (Wildman–Crippen LogP) is 2.74. The van der Waals surface area contributed by atoms with Gasteiger partial charge in [0.1, 0.15) is 5.60 Å². The first kappa shape index (κ1) is 14.5. The third-order valence-corrected chi connectivity index (χ3v) is 4.51. The van der Waals surface area contributed by atoms with Crippen molar-refractivity contribution in [3.63, 3.8) is 0 Å². The zero-order valence-electron chi connectivity index (χ0n) is 12.8. The molecule has 0 amide bonds. The summed E-state index contributed by atoms with van der Waals surface area (Å²) in [6.45, 7) is 5.87. The van der Waals surface area contributed by atoms with Crippen molar-refractivity contribution in [2.45, 2.75) is 57.5 Å². The highest BCUT2D eigenvalue weighted by molar-refractivity contribution is 5.85. The Labute approximate surface area is 125 Å². The molecule has 21 heavy (non-hydrogen) atoms. The fourth-order valence-corrected chi connectivity index (χ4v) is 3.06. The van der Waals surface area contributed by atoms with Gasteiger partial charge in [0.05, 0.1) is 0 Å². The summed E-state index contributed by atoms with van der Waals surface area (Å²) in [7, 11) is 0. The molecule has 4 nitrogen and oxygen atoms in total. The molecule has 4 heteroatoms. The molecule has 2 fully saturated rings. The highest BCUT2D eigenvalue weighted by atomic mass is 16.8. The molecule has 1 aliphatic heterocycles. The summed E-state index contributed by atoms with van der Waals surface area (Å²) in [6, 6.07) is 9.22. The fraction of sp³-hybridized carbons (Fsp3) is 0.588. The Morgan fingerprint density at radius 1 is 1.19 bits per heavy atom. The molecule has 1 heterocycles. The molecule has 3 rings (SSSR count). The van der Waals surface area contributed by atoms with Crippen LogP contribution in [-0.2, 0) is 19.9 Å². The van der Waals surface area contributed by atoms with Crippen molar-refractivity contribution in [2.24, 2.45) is 5.41 Å². The molecule has 0 aromatic heterocycles. The van der Waals surface area contributed by atoms with E-state index in [0.29, 0.717) is 18.4 Å². The minimum atomic E-state index is -1.40. The van der Waals surface area contributed by atoms with Gasteiger partial charge in [-0.1, -0.05) is 51.1 Å². The average Bonchev–Trinajstić information content (AvgIpc) is 2.76. The molecule has 0 spiro atoms. The fourth-order valence-electron chi connectivity index (χ4n) is 3.06. The summed E-state index contributed by atoms with van der Waals surface area (Å²) in [6.07, 6.45) is 1.33. The van der Waals surface area contributed by atoms with Crippen LogP contribution in [0.1, 0.15) is 45.6 Å². The number of carbonyl (C=O) groups is 1. The number of esters is 1. The molecule has 0 bridgehead atoms. The molecule has 1 N–H and O–H groups in total. The summed E-state index contributed by atoms with van der Waals surface area (Å²) < 4.78 is 11.6. The number of ether oxygens (including phenoxy) is 2. The molecular weight excluding hydrogens is 268 g/mol.